The molecule has 0 saturated carbocycles. The molecule has 2 N–H and O–H groups in total. The van der Waals surface area contributed by atoms with Crippen LogP contribution in [0, 0.1) is 0 Å². The first-order chi connectivity index (χ1) is 7.08. The third kappa shape index (κ3) is 5.92. The lowest BCUT2D eigenvalue weighted by Crippen LogP contribution is -2.50. The van der Waals surface area contributed by atoms with Gasteiger partial charge in [0.15, 0.2) is 0 Å². The van der Waals surface area contributed by atoms with E-state index in [0.29, 0.717) is 13.1 Å². The number of carbonyl (C=O) groups excluding carboxylic acids is 1. The molecule has 0 unspecified atom stereocenters. The maximum Gasteiger partial charge on any atom is 0.410 e. The Labute approximate surface area is 97.7 Å². The summed E-state index contributed by atoms with van der Waals surface area (Å²) >= 11 is 0. The van der Waals surface area contributed by atoms with Crippen molar-refractivity contribution in [2.45, 2.75) is 52.7 Å². The fourth-order valence-electron chi connectivity index (χ4n) is 1.18. The summed E-state index contributed by atoms with van der Waals surface area (Å²) in [5.74, 6) is 0. The van der Waals surface area contributed by atoms with Crippen LogP contribution in [-0.4, -0.2) is 40.4 Å². The number of amides is 1. The quantitative estimate of drug-likeness (QED) is 0.731. The SMILES string of the molecule is CC(C)(C)OC(=O)N(CCNO)C(C)(C)C. The second-order valence-corrected chi connectivity index (χ2v) is 5.71. The van der Waals surface area contributed by atoms with Crippen molar-refractivity contribution in [1.29, 1.82) is 0 Å². The van der Waals surface area contributed by atoms with Crippen LogP contribution in [0.15, 0.2) is 0 Å². The summed E-state index contributed by atoms with van der Waals surface area (Å²) in [5, 5.41) is 8.57. The monoisotopic (exact) mass is 232 g/mol. The van der Waals surface area contributed by atoms with E-state index in [-0.39, 0.29) is 11.6 Å². The largest absolute Gasteiger partial charge is 0.444 e. The van der Waals surface area contributed by atoms with E-state index in [9.17, 15) is 4.79 Å². The van der Waals surface area contributed by atoms with Crippen molar-refractivity contribution in [1.82, 2.24) is 10.4 Å². The molecule has 0 heterocycles. The van der Waals surface area contributed by atoms with Crippen LogP contribution in [0.2, 0.25) is 0 Å². The fraction of sp³-hybridized carbons (Fsp3) is 0.909. The minimum Gasteiger partial charge on any atom is -0.444 e. The van der Waals surface area contributed by atoms with Gasteiger partial charge in [-0.2, -0.15) is 0 Å². The third-order valence-corrected chi connectivity index (χ3v) is 1.87. The first-order valence-corrected chi connectivity index (χ1v) is 5.45. The molecule has 0 aromatic heterocycles. The molecule has 0 fully saturated rings. The van der Waals surface area contributed by atoms with Gasteiger partial charge in [0, 0.05) is 18.6 Å². The van der Waals surface area contributed by atoms with E-state index in [1.807, 2.05) is 47.0 Å². The fourth-order valence-corrected chi connectivity index (χ4v) is 1.18. The third-order valence-electron chi connectivity index (χ3n) is 1.87. The minimum atomic E-state index is -0.507. The number of nitrogens with one attached hydrogen (secondary N) is 1. The zero-order chi connectivity index (χ0) is 13.0. The molecule has 5 heteroatoms. The molecular weight excluding hydrogens is 208 g/mol. The molecule has 0 aliphatic heterocycles. The van der Waals surface area contributed by atoms with Crippen LogP contribution < -0.4 is 5.48 Å². The molecule has 0 bridgehead atoms. The summed E-state index contributed by atoms with van der Waals surface area (Å²) in [7, 11) is 0. The highest BCUT2D eigenvalue weighted by atomic mass is 16.6. The maximum absolute atomic E-state index is 11.9. The number of hydrogen-bond donors (Lipinski definition) is 2. The van der Waals surface area contributed by atoms with Gasteiger partial charge in [-0.05, 0) is 41.5 Å². The highest BCUT2D eigenvalue weighted by molar-refractivity contribution is 5.69. The lowest BCUT2D eigenvalue weighted by molar-refractivity contribution is 0.00393. The van der Waals surface area contributed by atoms with Gasteiger partial charge in [0.1, 0.15) is 5.60 Å². The van der Waals surface area contributed by atoms with Gasteiger partial charge >= 0.3 is 6.09 Å². The first-order valence-electron chi connectivity index (χ1n) is 5.45. The number of rotatable bonds is 3. The zero-order valence-electron chi connectivity index (χ0n) is 11.1. The van der Waals surface area contributed by atoms with Crippen LogP contribution in [0.1, 0.15) is 41.5 Å². The van der Waals surface area contributed by atoms with Crippen LogP contribution in [-0.2, 0) is 4.74 Å². The Morgan fingerprint density at radius 2 is 1.75 bits per heavy atom. The lowest BCUT2D eigenvalue weighted by Gasteiger charge is -2.36. The van der Waals surface area contributed by atoms with E-state index in [1.54, 1.807) is 4.90 Å². The summed E-state index contributed by atoms with van der Waals surface area (Å²) in [6.45, 7) is 12.0. The van der Waals surface area contributed by atoms with Gasteiger partial charge in [0.2, 0.25) is 0 Å². The van der Waals surface area contributed by atoms with E-state index >= 15 is 0 Å². The van der Waals surface area contributed by atoms with Crippen molar-refractivity contribution in [3.8, 4) is 0 Å². The Morgan fingerprint density at radius 3 is 2.06 bits per heavy atom. The van der Waals surface area contributed by atoms with Crippen molar-refractivity contribution in [2.75, 3.05) is 13.1 Å². The Kier molecular flexibility index (Phi) is 5.22. The second-order valence-electron chi connectivity index (χ2n) is 5.71. The second kappa shape index (κ2) is 5.50. The normalized spacial score (nSPS) is 12.4. The van der Waals surface area contributed by atoms with Crippen molar-refractivity contribution >= 4 is 6.09 Å². The molecular formula is C11H24N2O3. The molecule has 0 aromatic carbocycles. The molecule has 0 rings (SSSR count). The van der Waals surface area contributed by atoms with Crippen molar-refractivity contribution in [2.24, 2.45) is 0 Å². The molecule has 0 aliphatic rings. The predicted octanol–water partition coefficient (Wildman–Crippen LogP) is 2.00. The Morgan fingerprint density at radius 1 is 1.25 bits per heavy atom. The van der Waals surface area contributed by atoms with Crippen molar-refractivity contribution < 1.29 is 14.7 Å². The van der Waals surface area contributed by atoms with Crippen LogP contribution >= 0.6 is 0 Å². The predicted molar refractivity (Wildman–Crippen MR) is 62.5 cm³/mol. The van der Waals surface area contributed by atoms with Crippen LogP contribution in [0.5, 0.6) is 0 Å². The lowest BCUT2D eigenvalue weighted by atomic mass is 10.1. The van der Waals surface area contributed by atoms with E-state index < -0.39 is 5.60 Å². The molecule has 0 radical (unpaired) electrons. The molecule has 0 aromatic rings. The first kappa shape index (κ1) is 15.2. The number of carbonyl (C=O) groups is 1. The smallest absolute Gasteiger partial charge is 0.410 e. The molecule has 0 spiro atoms. The summed E-state index contributed by atoms with van der Waals surface area (Å²) in [6.07, 6.45) is -0.366. The summed E-state index contributed by atoms with van der Waals surface area (Å²) in [5.41, 5.74) is 1.20. The molecule has 5 nitrogen and oxygen atoms in total. The molecule has 0 atom stereocenters. The average molecular weight is 232 g/mol. The zero-order valence-corrected chi connectivity index (χ0v) is 11.1. The van der Waals surface area contributed by atoms with Gasteiger partial charge in [-0.3, -0.25) is 0 Å². The molecule has 0 saturated heterocycles. The standard InChI is InChI=1S/C11H24N2O3/c1-10(2,3)13(8-7-12-15)9(14)16-11(4,5)6/h12,15H,7-8H2,1-6H3. The van der Waals surface area contributed by atoms with Gasteiger partial charge in [-0.25, -0.2) is 10.3 Å². The molecule has 0 aliphatic carbocycles. The van der Waals surface area contributed by atoms with Crippen LogP contribution in [0.4, 0.5) is 4.79 Å². The number of nitrogens with zero attached hydrogens (tertiary/aromatic N) is 1. The Bertz CT molecular complexity index is 228. The summed E-state index contributed by atoms with van der Waals surface area (Å²) in [4.78, 5) is 13.5. The van der Waals surface area contributed by atoms with E-state index in [4.69, 9.17) is 9.94 Å². The van der Waals surface area contributed by atoms with E-state index in [1.165, 1.54) is 0 Å². The maximum atomic E-state index is 11.9. The topological polar surface area (TPSA) is 61.8 Å². The minimum absolute atomic E-state index is 0.316. The van der Waals surface area contributed by atoms with E-state index in [0.717, 1.165) is 0 Å². The molecule has 1 amide bonds. The molecule has 16 heavy (non-hydrogen) atoms. The number of hydroxylamine groups is 1. The Balaban J connectivity index is 4.58. The highest BCUT2D eigenvalue weighted by Gasteiger charge is 2.29. The van der Waals surface area contributed by atoms with E-state index in [2.05, 4.69) is 0 Å². The Hall–Kier alpha value is -0.810. The van der Waals surface area contributed by atoms with Gasteiger partial charge in [-0.1, -0.05) is 0 Å². The van der Waals surface area contributed by atoms with Gasteiger partial charge < -0.3 is 14.8 Å². The van der Waals surface area contributed by atoms with Crippen LogP contribution in [0.25, 0.3) is 0 Å². The summed E-state index contributed by atoms with van der Waals surface area (Å²) < 4.78 is 5.30. The van der Waals surface area contributed by atoms with Gasteiger partial charge in [0.25, 0.3) is 0 Å². The highest BCUT2D eigenvalue weighted by Crippen LogP contribution is 2.17. The number of hydrogen-bond acceptors (Lipinski definition) is 4. The van der Waals surface area contributed by atoms with Gasteiger partial charge in [0.05, 0.1) is 0 Å². The van der Waals surface area contributed by atoms with Crippen molar-refractivity contribution in [3.05, 3.63) is 0 Å². The van der Waals surface area contributed by atoms with Crippen molar-refractivity contribution in [3.63, 3.8) is 0 Å². The number of ether oxygens (including phenoxy) is 1. The summed E-state index contributed by atoms with van der Waals surface area (Å²) in [6, 6.07) is 0. The molecule has 96 valence electrons. The average Bonchev–Trinajstić information content (AvgIpc) is 1.98. The van der Waals surface area contributed by atoms with Crippen LogP contribution in [0.3, 0.4) is 0 Å². The van der Waals surface area contributed by atoms with Gasteiger partial charge in [-0.15, -0.1) is 0 Å².